The predicted octanol–water partition coefficient (Wildman–Crippen LogP) is 2.83. The molecule has 0 saturated heterocycles. The second kappa shape index (κ2) is 11.1. The summed E-state index contributed by atoms with van der Waals surface area (Å²) in [5, 5.41) is 4.27. The van der Waals surface area contributed by atoms with Crippen molar-refractivity contribution in [2.75, 3.05) is 6.61 Å². The molecule has 3 aromatic rings. The Morgan fingerprint density at radius 1 is 0.943 bits per heavy atom. The SMILES string of the molecule is Cc1c(C(=O)NNC(=O)Cc2ccccc2)oc2c1/C(=N/NC(=O)COc1ccccc1)CCC2. The lowest BCUT2D eigenvalue weighted by Crippen LogP contribution is -2.42. The molecule has 2 aromatic carbocycles. The van der Waals surface area contributed by atoms with E-state index < -0.39 is 11.8 Å². The number of furan rings is 1. The van der Waals surface area contributed by atoms with Gasteiger partial charge in [0.2, 0.25) is 5.91 Å². The summed E-state index contributed by atoms with van der Waals surface area (Å²) in [7, 11) is 0. The Hall–Kier alpha value is -4.40. The van der Waals surface area contributed by atoms with Gasteiger partial charge in [0.1, 0.15) is 11.5 Å². The van der Waals surface area contributed by atoms with Gasteiger partial charge < -0.3 is 9.15 Å². The maximum atomic E-state index is 12.7. The zero-order valence-electron chi connectivity index (χ0n) is 19.3. The molecule has 0 unspecified atom stereocenters. The van der Waals surface area contributed by atoms with Crippen molar-refractivity contribution in [3.05, 3.63) is 88.9 Å². The molecular formula is C26H26N4O5. The molecule has 4 rings (SSSR count). The number of hydrogen-bond donors (Lipinski definition) is 3. The molecule has 180 valence electrons. The number of hydrazone groups is 1. The Bertz CT molecular complexity index is 1240. The van der Waals surface area contributed by atoms with E-state index in [-0.39, 0.29) is 24.7 Å². The van der Waals surface area contributed by atoms with E-state index in [4.69, 9.17) is 9.15 Å². The molecule has 9 heteroatoms. The van der Waals surface area contributed by atoms with Crippen LogP contribution in [0.1, 0.15) is 45.8 Å². The van der Waals surface area contributed by atoms with Gasteiger partial charge in [-0.25, -0.2) is 5.43 Å². The monoisotopic (exact) mass is 474 g/mol. The molecule has 1 aliphatic carbocycles. The molecule has 0 radical (unpaired) electrons. The number of rotatable bonds is 7. The first-order chi connectivity index (χ1) is 17.0. The Kier molecular flexibility index (Phi) is 7.57. The van der Waals surface area contributed by atoms with E-state index in [9.17, 15) is 14.4 Å². The molecule has 0 fully saturated rings. The molecule has 0 atom stereocenters. The van der Waals surface area contributed by atoms with Crippen LogP contribution in [0.25, 0.3) is 0 Å². The molecule has 0 aliphatic heterocycles. The lowest BCUT2D eigenvalue weighted by molar-refractivity contribution is -0.123. The van der Waals surface area contributed by atoms with Gasteiger partial charge in [-0.1, -0.05) is 48.5 Å². The third kappa shape index (κ3) is 6.14. The summed E-state index contributed by atoms with van der Waals surface area (Å²) in [5.41, 5.74) is 10.1. The van der Waals surface area contributed by atoms with E-state index in [2.05, 4.69) is 21.4 Å². The van der Waals surface area contributed by atoms with Crippen LogP contribution >= 0.6 is 0 Å². The molecule has 1 aliphatic rings. The van der Waals surface area contributed by atoms with Crippen LogP contribution in [-0.2, 0) is 22.4 Å². The fourth-order valence-electron chi connectivity index (χ4n) is 3.83. The van der Waals surface area contributed by atoms with Gasteiger partial charge in [0.15, 0.2) is 12.4 Å². The molecule has 9 nitrogen and oxygen atoms in total. The quantitative estimate of drug-likeness (QED) is 0.455. The third-order valence-corrected chi connectivity index (χ3v) is 5.48. The predicted molar refractivity (Wildman–Crippen MR) is 129 cm³/mol. The number of carbonyl (C=O) groups excluding carboxylic acids is 3. The van der Waals surface area contributed by atoms with E-state index in [1.165, 1.54) is 0 Å². The van der Waals surface area contributed by atoms with Gasteiger partial charge in [-0.05, 0) is 37.5 Å². The van der Waals surface area contributed by atoms with E-state index in [1.54, 1.807) is 19.1 Å². The standard InChI is InChI=1S/C26H26N4O5/c1-17-24-20(27-29-23(32)16-34-19-11-6-3-7-12-19)13-8-14-21(24)35-25(17)26(33)30-28-22(31)15-18-9-4-2-5-10-18/h2-7,9-12H,8,13-16H2,1H3,(H,28,31)(H,29,32)(H,30,33)/b27-20+. The van der Waals surface area contributed by atoms with E-state index in [0.717, 1.165) is 12.0 Å². The first-order valence-electron chi connectivity index (χ1n) is 11.3. The maximum Gasteiger partial charge on any atom is 0.305 e. The summed E-state index contributed by atoms with van der Waals surface area (Å²) in [6.45, 7) is 1.58. The number of fused-ring (bicyclic) bond motifs is 1. The van der Waals surface area contributed by atoms with Crippen LogP contribution in [-0.4, -0.2) is 30.0 Å². The number of carbonyl (C=O) groups is 3. The average molecular weight is 475 g/mol. The van der Waals surface area contributed by atoms with E-state index in [1.807, 2.05) is 48.5 Å². The molecule has 0 saturated carbocycles. The van der Waals surface area contributed by atoms with Crippen LogP contribution in [0.5, 0.6) is 5.75 Å². The van der Waals surface area contributed by atoms with Crippen molar-refractivity contribution in [1.29, 1.82) is 0 Å². The lowest BCUT2D eigenvalue weighted by atomic mass is 9.93. The number of benzene rings is 2. The summed E-state index contributed by atoms with van der Waals surface area (Å²) in [4.78, 5) is 37.0. The van der Waals surface area contributed by atoms with E-state index in [0.29, 0.717) is 41.2 Å². The van der Waals surface area contributed by atoms with Crippen LogP contribution in [0.4, 0.5) is 0 Å². The summed E-state index contributed by atoms with van der Waals surface area (Å²) >= 11 is 0. The van der Waals surface area contributed by atoms with Gasteiger partial charge in [-0.2, -0.15) is 5.10 Å². The van der Waals surface area contributed by atoms with Crippen molar-refractivity contribution in [3.8, 4) is 5.75 Å². The van der Waals surface area contributed by atoms with Gasteiger partial charge in [0.05, 0.1) is 12.1 Å². The van der Waals surface area contributed by atoms with Crippen LogP contribution in [0.15, 0.2) is 70.2 Å². The zero-order chi connectivity index (χ0) is 24.6. The molecule has 3 amide bonds. The van der Waals surface area contributed by atoms with Gasteiger partial charge in [0, 0.05) is 17.5 Å². The Balaban J connectivity index is 1.37. The highest BCUT2D eigenvalue weighted by Gasteiger charge is 2.28. The summed E-state index contributed by atoms with van der Waals surface area (Å²) in [6, 6.07) is 18.2. The second-order valence-corrected chi connectivity index (χ2v) is 8.07. The highest BCUT2D eigenvalue weighted by atomic mass is 16.5. The van der Waals surface area contributed by atoms with Gasteiger partial charge in [-0.15, -0.1) is 0 Å². The number of amides is 3. The number of nitrogens with zero attached hydrogens (tertiary/aromatic N) is 1. The molecule has 0 bridgehead atoms. The fraction of sp³-hybridized carbons (Fsp3) is 0.231. The lowest BCUT2D eigenvalue weighted by Gasteiger charge is -2.13. The van der Waals surface area contributed by atoms with Crippen molar-refractivity contribution in [3.63, 3.8) is 0 Å². The van der Waals surface area contributed by atoms with Gasteiger partial charge >= 0.3 is 5.91 Å². The second-order valence-electron chi connectivity index (χ2n) is 8.07. The number of aryl methyl sites for hydroxylation is 1. The summed E-state index contributed by atoms with van der Waals surface area (Å²) in [5.74, 6) is 0.0201. The van der Waals surface area contributed by atoms with Crippen LogP contribution in [0.2, 0.25) is 0 Å². The number of nitrogens with one attached hydrogen (secondary N) is 3. The highest BCUT2D eigenvalue weighted by Crippen LogP contribution is 2.29. The molecule has 35 heavy (non-hydrogen) atoms. The minimum Gasteiger partial charge on any atom is -0.484 e. The Labute approximate surface area is 202 Å². The van der Waals surface area contributed by atoms with Crippen molar-refractivity contribution in [1.82, 2.24) is 16.3 Å². The topological polar surface area (TPSA) is 122 Å². The normalized spacial score (nSPS) is 13.6. The van der Waals surface area contributed by atoms with Crippen LogP contribution in [0, 0.1) is 6.92 Å². The van der Waals surface area contributed by atoms with Gasteiger partial charge in [-0.3, -0.25) is 25.2 Å². The number of hydrogen-bond acceptors (Lipinski definition) is 6. The fourth-order valence-corrected chi connectivity index (χ4v) is 3.83. The average Bonchev–Trinajstić information content (AvgIpc) is 3.23. The number of para-hydroxylation sites is 1. The van der Waals surface area contributed by atoms with Crippen LogP contribution < -0.4 is 21.0 Å². The Morgan fingerprint density at radius 2 is 1.66 bits per heavy atom. The summed E-state index contributed by atoms with van der Waals surface area (Å²) < 4.78 is 11.2. The van der Waals surface area contributed by atoms with Crippen LogP contribution in [0.3, 0.4) is 0 Å². The van der Waals surface area contributed by atoms with Crippen molar-refractivity contribution >= 4 is 23.4 Å². The molecular weight excluding hydrogens is 448 g/mol. The highest BCUT2D eigenvalue weighted by molar-refractivity contribution is 6.06. The maximum absolute atomic E-state index is 12.7. The van der Waals surface area contributed by atoms with Crippen molar-refractivity contribution in [2.24, 2.45) is 5.10 Å². The first kappa shape index (κ1) is 23.7. The minimum absolute atomic E-state index is 0.100. The molecule has 1 heterocycles. The van der Waals surface area contributed by atoms with Crippen molar-refractivity contribution < 1.29 is 23.5 Å². The molecule has 3 N–H and O–H groups in total. The first-order valence-corrected chi connectivity index (χ1v) is 11.3. The van der Waals surface area contributed by atoms with Gasteiger partial charge in [0.25, 0.3) is 5.91 Å². The number of hydrazine groups is 1. The summed E-state index contributed by atoms with van der Waals surface area (Å²) in [6.07, 6.45) is 2.18. The zero-order valence-corrected chi connectivity index (χ0v) is 19.3. The number of ether oxygens (including phenoxy) is 1. The Morgan fingerprint density at radius 3 is 2.40 bits per heavy atom. The largest absolute Gasteiger partial charge is 0.484 e. The minimum atomic E-state index is -0.557. The molecule has 0 spiro atoms. The van der Waals surface area contributed by atoms with Crippen molar-refractivity contribution in [2.45, 2.75) is 32.6 Å². The van der Waals surface area contributed by atoms with E-state index >= 15 is 0 Å². The molecule has 1 aromatic heterocycles. The third-order valence-electron chi connectivity index (χ3n) is 5.48. The smallest absolute Gasteiger partial charge is 0.305 e.